The van der Waals surface area contributed by atoms with Crippen molar-refractivity contribution in [1.29, 1.82) is 0 Å². The molecule has 4 rings (SSSR count). The Hall–Kier alpha value is -1.13. The average Bonchev–Trinajstić information content (AvgIpc) is 2.80. The molecule has 0 aromatic heterocycles. The minimum absolute atomic E-state index is 0.107. The molecule has 2 aliphatic rings. The number of rotatable bonds is 6. The predicted octanol–water partition coefficient (Wildman–Crippen LogP) is 9.68. The number of benzene rings is 2. The standard InChI is InChI=1S/C31H45P/c1-22(2)28-20-24(5)21-29(23(3)4)31(28)27-18-12-13-19-30(27)32(25-14-8-6-9-15-25)26-16-10-7-11-17-26/h12-13,18-23,25-26H,6-11,14-17H2,1-5H3. The SMILES string of the molecule is Cc1cc(C(C)C)c(-c2ccccc2P(C2CCCCC2)C2CCCCC2)c(C(C)C)c1. The lowest BCUT2D eigenvalue weighted by atomic mass is 9.83. The second-order valence-electron chi connectivity index (χ2n) is 11.1. The molecule has 1 heteroatoms. The summed E-state index contributed by atoms with van der Waals surface area (Å²) in [5, 5.41) is 1.74. The van der Waals surface area contributed by atoms with Crippen LogP contribution in [0.4, 0.5) is 0 Å². The van der Waals surface area contributed by atoms with Crippen LogP contribution >= 0.6 is 7.92 Å². The van der Waals surface area contributed by atoms with Crippen molar-refractivity contribution in [2.75, 3.05) is 0 Å². The first-order chi connectivity index (χ1) is 15.5. The summed E-state index contributed by atoms with van der Waals surface area (Å²) in [5.41, 5.74) is 9.58. The fourth-order valence-electron chi connectivity index (χ4n) is 6.39. The van der Waals surface area contributed by atoms with Gasteiger partial charge in [-0.15, -0.1) is 0 Å². The van der Waals surface area contributed by atoms with E-state index in [9.17, 15) is 0 Å². The van der Waals surface area contributed by atoms with Crippen molar-refractivity contribution in [1.82, 2.24) is 0 Å². The van der Waals surface area contributed by atoms with Gasteiger partial charge in [-0.1, -0.05) is 116 Å². The molecule has 0 bridgehead atoms. The second-order valence-corrected chi connectivity index (χ2v) is 13.9. The van der Waals surface area contributed by atoms with Crippen LogP contribution in [-0.4, -0.2) is 11.3 Å². The molecule has 0 saturated heterocycles. The van der Waals surface area contributed by atoms with Crippen LogP contribution in [0.15, 0.2) is 36.4 Å². The van der Waals surface area contributed by atoms with E-state index in [-0.39, 0.29) is 7.92 Å². The van der Waals surface area contributed by atoms with Crippen molar-refractivity contribution in [3.8, 4) is 11.1 Å². The molecule has 0 radical (unpaired) electrons. The zero-order chi connectivity index (χ0) is 22.7. The van der Waals surface area contributed by atoms with E-state index in [4.69, 9.17) is 0 Å². The van der Waals surface area contributed by atoms with Crippen LogP contribution in [0, 0.1) is 6.92 Å². The fraction of sp³-hybridized carbons (Fsp3) is 0.613. The molecule has 2 aromatic carbocycles. The maximum absolute atomic E-state index is 2.55. The molecule has 2 aliphatic carbocycles. The molecule has 0 heterocycles. The maximum Gasteiger partial charge on any atom is -0.0101 e. The number of aryl methyl sites for hydroxylation is 1. The minimum atomic E-state index is -0.107. The van der Waals surface area contributed by atoms with Gasteiger partial charge in [0, 0.05) is 0 Å². The van der Waals surface area contributed by atoms with Crippen LogP contribution in [0.2, 0.25) is 0 Å². The van der Waals surface area contributed by atoms with E-state index < -0.39 is 0 Å². The molecule has 32 heavy (non-hydrogen) atoms. The Balaban J connectivity index is 1.90. The van der Waals surface area contributed by atoms with Gasteiger partial charge in [-0.2, -0.15) is 0 Å². The predicted molar refractivity (Wildman–Crippen MR) is 145 cm³/mol. The molecular weight excluding hydrogens is 403 g/mol. The summed E-state index contributed by atoms with van der Waals surface area (Å²) in [6, 6.07) is 14.6. The average molecular weight is 449 g/mol. The Bertz CT molecular complexity index is 834. The second kappa shape index (κ2) is 10.9. The van der Waals surface area contributed by atoms with Crippen LogP contribution in [0.3, 0.4) is 0 Å². The smallest absolute Gasteiger partial charge is 0.0101 e. The van der Waals surface area contributed by atoms with E-state index >= 15 is 0 Å². The molecule has 2 saturated carbocycles. The largest absolute Gasteiger partial charge is 0.0683 e. The van der Waals surface area contributed by atoms with Gasteiger partial charge in [0.2, 0.25) is 0 Å². The Kier molecular flexibility index (Phi) is 8.15. The van der Waals surface area contributed by atoms with Gasteiger partial charge in [-0.05, 0) is 83.3 Å². The van der Waals surface area contributed by atoms with Gasteiger partial charge >= 0.3 is 0 Å². The number of hydrogen-bond acceptors (Lipinski definition) is 0. The van der Waals surface area contributed by atoms with E-state index in [2.05, 4.69) is 71.0 Å². The highest BCUT2D eigenvalue weighted by Crippen LogP contribution is 2.56. The van der Waals surface area contributed by atoms with Gasteiger partial charge in [0.05, 0.1) is 0 Å². The molecule has 0 nitrogen and oxygen atoms in total. The summed E-state index contributed by atoms with van der Waals surface area (Å²) < 4.78 is 0. The molecule has 0 atom stereocenters. The molecule has 0 unspecified atom stereocenters. The Morgan fingerprint density at radius 2 is 1.16 bits per heavy atom. The minimum Gasteiger partial charge on any atom is -0.0683 e. The van der Waals surface area contributed by atoms with Crippen molar-refractivity contribution < 1.29 is 0 Å². The zero-order valence-corrected chi connectivity index (χ0v) is 22.2. The van der Waals surface area contributed by atoms with Crippen molar-refractivity contribution in [2.45, 2.75) is 122 Å². The van der Waals surface area contributed by atoms with Crippen LogP contribution in [-0.2, 0) is 0 Å². The topological polar surface area (TPSA) is 0 Å². The van der Waals surface area contributed by atoms with Crippen molar-refractivity contribution in [3.63, 3.8) is 0 Å². The highest BCUT2D eigenvalue weighted by Gasteiger charge is 2.34. The van der Waals surface area contributed by atoms with Gasteiger partial charge in [0.25, 0.3) is 0 Å². The van der Waals surface area contributed by atoms with Crippen LogP contribution < -0.4 is 5.30 Å². The third-order valence-corrected chi connectivity index (χ3v) is 11.5. The monoisotopic (exact) mass is 448 g/mol. The van der Waals surface area contributed by atoms with E-state index in [0.29, 0.717) is 11.8 Å². The zero-order valence-electron chi connectivity index (χ0n) is 21.3. The van der Waals surface area contributed by atoms with Crippen molar-refractivity contribution >= 4 is 13.2 Å². The first kappa shape index (κ1) is 24.0. The molecule has 2 aromatic rings. The highest BCUT2D eigenvalue weighted by molar-refractivity contribution is 7.67. The maximum atomic E-state index is 2.55. The Morgan fingerprint density at radius 3 is 1.62 bits per heavy atom. The van der Waals surface area contributed by atoms with Crippen molar-refractivity contribution in [3.05, 3.63) is 53.1 Å². The summed E-state index contributed by atoms with van der Waals surface area (Å²) in [4.78, 5) is 0. The fourth-order valence-corrected chi connectivity index (χ4v) is 10.3. The van der Waals surface area contributed by atoms with Gasteiger partial charge in [0.15, 0.2) is 0 Å². The molecule has 2 fully saturated rings. The summed E-state index contributed by atoms with van der Waals surface area (Å²) >= 11 is 0. The summed E-state index contributed by atoms with van der Waals surface area (Å²) in [6.45, 7) is 11.8. The third-order valence-electron chi connectivity index (χ3n) is 7.98. The van der Waals surface area contributed by atoms with E-state index in [0.717, 1.165) is 11.3 Å². The van der Waals surface area contributed by atoms with Gasteiger partial charge in [-0.3, -0.25) is 0 Å². The van der Waals surface area contributed by atoms with Crippen molar-refractivity contribution in [2.24, 2.45) is 0 Å². The summed E-state index contributed by atoms with van der Waals surface area (Å²) in [5.74, 6) is 1.09. The molecular formula is C31H45P. The number of hydrogen-bond donors (Lipinski definition) is 0. The summed E-state index contributed by atoms with van der Waals surface area (Å²) in [6.07, 6.45) is 14.6. The normalized spacial score (nSPS) is 18.8. The van der Waals surface area contributed by atoms with Gasteiger partial charge in [-0.25, -0.2) is 0 Å². The lowest BCUT2D eigenvalue weighted by molar-refractivity contribution is 0.487. The molecule has 0 aliphatic heterocycles. The van der Waals surface area contributed by atoms with Crippen LogP contribution in [0.1, 0.15) is 120 Å². The lowest BCUT2D eigenvalue weighted by Crippen LogP contribution is -2.27. The highest BCUT2D eigenvalue weighted by atomic mass is 31.1. The molecule has 174 valence electrons. The quantitative estimate of drug-likeness (QED) is 0.386. The third kappa shape index (κ3) is 5.17. The van der Waals surface area contributed by atoms with Gasteiger partial charge in [0.1, 0.15) is 0 Å². The summed E-state index contributed by atoms with van der Waals surface area (Å²) in [7, 11) is -0.107. The Labute approximate surface area is 199 Å². The molecule has 0 N–H and O–H groups in total. The van der Waals surface area contributed by atoms with E-state index in [1.165, 1.54) is 69.8 Å². The van der Waals surface area contributed by atoms with Gasteiger partial charge < -0.3 is 0 Å². The lowest BCUT2D eigenvalue weighted by Gasteiger charge is -2.40. The van der Waals surface area contributed by atoms with Crippen LogP contribution in [0.5, 0.6) is 0 Å². The Morgan fingerprint density at radius 1 is 0.688 bits per heavy atom. The van der Waals surface area contributed by atoms with Crippen LogP contribution in [0.25, 0.3) is 11.1 Å². The molecule has 0 spiro atoms. The van der Waals surface area contributed by atoms with E-state index in [1.807, 2.05) is 0 Å². The first-order valence-corrected chi connectivity index (χ1v) is 15.0. The first-order valence-electron chi connectivity index (χ1n) is 13.5. The molecule has 0 amide bonds. The van der Waals surface area contributed by atoms with E-state index in [1.54, 1.807) is 27.6 Å².